The topological polar surface area (TPSA) is 4.93 Å². The third-order valence-corrected chi connectivity index (χ3v) is 2.69. The van der Waals surface area contributed by atoms with Gasteiger partial charge in [-0.3, -0.25) is 0 Å². The Bertz CT molecular complexity index is 422. The minimum absolute atomic E-state index is 0.198. The lowest BCUT2D eigenvalue weighted by atomic mass is 10.3. The van der Waals surface area contributed by atoms with Crippen LogP contribution in [-0.2, 0) is 0 Å². The van der Waals surface area contributed by atoms with Crippen LogP contribution in [0, 0.1) is 9.52 Å². The zero-order valence-corrected chi connectivity index (χ0v) is 8.90. The smallest absolute Gasteiger partial charge is 0.147 e. The van der Waals surface area contributed by atoms with E-state index >= 15 is 0 Å². The first-order valence-corrected chi connectivity index (χ1v) is 4.94. The van der Waals surface area contributed by atoms with Gasteiger partial charge in [0.15, 0.2) is 0 Å². The quantitative estimate of drug-likeness (QED) is 0.710. The van der Waals surface area contributed by atoms with Crippen LogP contribution in [0.15, 0.2) is 42.6 Å². The molecule has 0 N–H and O–H groups in total. The summed E-state index contributed by atoms with van der Waals surface area (Å²) in [4.78, 5) is 0. The summed E-state index contributed by atoms with van der Waals surface area (Å²) in [6.45, 7) is 0. The van der Waals surface area contributed by atoms with E-state index in [1.54, 1.807) is 12.1 Å². The second-order valence-electron chi connectivity index (χ2n) is 2.65. The maximum atomic E-state index is 13.3. The highest BCUT2D eigenvalue weighted by Gasteiger charge is 2.04. The Balaban J connectivity index is 2.59. The standard InChI is InChI=1S/C10H7FIN/c11-8-4-1-2-5-9(8)13-7-3-6-10(13)12/h1-7H. The van der Waals surface area contributed by atoms with E-state index in [1.165, 1.54) is 6.07 Å². The molecule has 2 rings (SSSR count). The minimum atomic E-state index is -0.198. The van der Waals surface area contributed by atoms with Crippen molar-refractivity contribution in [3.63, 3.8) is 0 Å². The monoisotopic (exact) mass is 287 g/mol. The van der Waals surface area contributed by atoms with Crippen LogP contribution in [-0.4, -0.2) is 4.57 Å². The second-order valence-corrected chi connectivity index (χ2v) is 3.76. The van der Waals surface area contributed by atoms with Crippen molar-refractivity contribution in [1.82, 2.24) is 4.57 Å². The summed E-state index contributed by atoms with van der Waals surface area (Å²) in [5.74, 6) is -0.198. The second kappa shape index (κ2) is 3.49. The number of halogens is 2. The molecule has 66 valence electrons. The van der Waals surface area contributed by atoms with Crippen molar-refractivity contribution < 1.29 is 4.39 Å². The Morgan fingerprint density at radius 1 is 1.08 bits per heavy atom. The van der Waals surface area contributed by atoms with Gasteiger partial charge in [0.05, 0.1) is 9.39 Å². The van der Waals surface area contributed by atoms with Crippen LogP contribution < -0.4 is 0 Å². The zero-order valence-electron chi connectivity index (χ0n) is 6.74. The number of hydrogen-bond acceptors (Lipinski definition) is 0. The first-order chi connectivity index (χ1) is 6.29. The molecule has 0 aliphatic carbocycles. The van der Waals surface area contributed by atoms with Gasteiger partial charge in [-0.1, -0.05) is 12.1 Å². The summed E-state index contributed by atoms with van der Waals surface area (Å²) in [6.07, 6.45) is 1.85. The average molecular weight is 287 g/mol. The molecule has 0 aliphatic rings. The van der Waals surface area contributed by atoms with E-state index in [1.807, 2.05) is 29.0 Å². The molecule has 1 nitrogen and oxygen atoms in total. The largest absolute Gasteiger partial charge is 0.309 e. The molecule has 0 radical (unpaired) electrons. The molecule has 0 atom stereocenters. The van der Waals surface area contributed by atoms with Gasteiger partial charge in [-0.05, 0) is 46.9 Å². The highest BCUT2D eigenvalue weighted by Crippen LogP contribution is 2.16. The van der Waals surface area contributed by atoms with Gasteiger partial charge in [-0.2, -0.15) is 0 Å². The summed E-state index contributed by atoms with van der Waals surface area (Å²) in [7, 11) is 0. The Morgan fingerprint density at radius 3 is 2.46 bits per heavy atom. The van der Waals surface area contributed by atoms with Crippen molar-refractivity contribution in [3.8, 4) is 5.69 Å². The van der Waals surface area contributed by atoms with Gasteiger partial charge in [0.1, 0.15) is 5.82 Å². The molecule has 3 heteroatoms. The van der Waals surface area contributed by atoms with Crippen LogP contribution >= 0.6 is 22.6 Å². The summed E-state index contributed by atoms with van der Waals surface area (Å²) in [5.41, 5.74) is 0.594. The minimum Gasteiger partial charge on any atom is -0.309 e. The number of rotatable bonds is 1. The molecule has 1 aromatic carbocycles. The zero-order chi connectivity index (χ0) is 9.26. The van der Waals surface area contributed by atoms with Crippen LogP contribution in [0.1, 0.15) is 0 Å². The summed E-state index contributed by atoms with van der Waals surface area (Å²) >= 11 is 2.17. The third-order valence-electron chi connectivity index (χ3n) is 1.81. The fourth-order valence-corrected chi connectivity index (χ4v) is 1.83. The van der Waals surface area contributed by atoms with Crippen LogP contribution in [0.4, 0.5) is 4.39 Å². The molecule has 0 saturated heterocycles. The molecule has 1 aromatic heterocycles. The van der Waals surface area contributed by atoms with E-state index in [4.69, 9.17) is 0 Å². The van der Waals surface area contributed by atoms with Crippen molar-refractivity contribution in [3.05, 3.63) is 52.1 Å². The Hall–Kier alpha value is -0.840. The molecule has 0 aliphatic heterocycles. The fourth-order valence-electron chi connectivity index (χ4n) is 1.20. The number of para-hydroxylation sites is 1. The molecule has 0 bridgehead atoms. The molecule has 0 unspecified atom stereocenters. The van der Waals surface area contributed by atoms with E-state index in [9.17, 15) is 4.39 Å². The number of hydrogen-bond donors (Lipinski definition) is 0. The lowest BCUT2D eigenvalue weighted by Crippen LogP contribution is -1.97. The van der Waals surface area contributed by atoms with Crippen molar-refractivity contribution in [1.29, 1.82) is 0 Å². The van der Waals surface area contributed by atoms with Gasteiger partial charge in [-0.15, -0.1) is 0 Å². The van der Waals surface area contributed by atoms with Crippen molar-refractivity contribution in [2.75, 3.05) is 0 Å². The van der Waals surface area contributed by atoms with Gasteiger partial charge in [-0.25, -0.2) is 4.39 Å². The molecule has 0 spiro atoms. The fraction of sp³-hybridized carbons (Fsp3) is 0. The summed E-state index contributed by atoms with van der Waals surface area (Å²) < 4.78 is 16.1. The molecule has 0 saturated carbocycles. The molecular weight excluding hydrogens is 280 g/mol. The number of nitrogens with zero attached hydrogens (tertiary/aromatic N) is 1. The Labute approximate surface area is 89.3 Å². The van der Waals surface area contributed by atoms with Crippen molar-refractivity contribution in [2.24, 2.45) is 0 Å². The Morgan fingerprint density at radius 2 is 1.85 bits per heavy atom. The average Bonchev–Trinajstić information content (AvgIpc) is 2.52. The third kappa shape index (κ3) is 1.60. The maximum Gasteiger partial charge on any atom is 0.147 e. The lowest BCUT2D eigenvalue weighted by molar-refractivity contribution is 0.617. The van der Waals surface area contributed by atoms with E-state index in [0.29, 0.717) is 5.69 Å². The van der Waals surface area contributed by atoms with Crippen LogP contribution in [0.5, 0.6) is 0 Å². The predicted octanol–water partition coefficient (Wildman–Crippen LogP) is 3.22. The van der Waals surface area contributed by atoms with E-state index in [0.717, 1.165) is 3.70 Å². The lowest BCUT2D eigenvalue weighted by Gasteiger charge is -2.05. The van der Waals surface area contributed by atoms with Crippen LogP contribution in [0.25, 0.3) is 5.69 Å². The number of benzene rings is 1. The first-order valence-electron chi connectivity index (χ1n) is 3.87. The Kier molecular flexibility index (Phi) is 2.35. The van der Waals surface area contributed by atoms with Gasteiger partial charge in [0.2, 0.25) is 0 Å². The highest BCUT2D eigenvalue weighted by atomic mass is 127. The molecule has 0 fully saturated rings. The SMILES string of the molecule is Fc1ccccc1-n1cccc1I. The highest BCUT2D eigenvalue weighted by molar-refractivity contribution is 14.1. The molecular formula is C10H7FIN. The van der Waals surface area contributed by atoms with Gasteiger partial charge >= 0.3 is 0 Å². The van der Waals surface area contributed by atoms with E-state index in [-0.39, 0.29) is 5.82 Å². The molecule has 2 aromatic rings. The summed E-state index contributed by atoms with van der Waals surface area (Å²) in [5, 5.41) is 0. The van der Waals surface area contributed by atoms with Gasteiger partial charge < -0.3 is 4.57 Å². The molecule has 0 amide bonds. The van der Waals surface area contributed by atoms with E-state index in [2.05, 4.69) is 22.6 Å². The summed E-state index contributed by atoms with van der Waals surface area (Å²) in [6, 6.07) is 10.6. The molecule has 13 heavy (non-hydrogen) atoms. The molecule has 1 heterocycles. The van der Waals surface area contributed by atoms with Gasteiger partial charge in [0.25, 0.3) is 0 Å². The van der Waals surface area contributed by atoms with Crippen LogP contribution in [0.2, 0.25) is 0 Å². The van der Waals surface area contributed by atoms with E-state index < -0.39 is 0 Å². The van der Waals surface area contributed by atoms with Crippen LogP contribution in [0.3, 0.4) is 0 Å². The van der Waals surface area contributed by atoms with Gasteiger partial charge in [0, 0.05) is 6.20 Å². The number of aromatic nitrogens is 1. The van der Waals surface area contributed by atoms with Crippen molar-refractivity contribution >= 4 is 22.6 Å². The van der Waals surface area contributed by atoms with Crippen molar-refractivity contribution in [2.45, 2.75) is 0 Å². The maximum absolute atomic E-state index is 13.3. The normalized spacial score (nSPS) is 10.3. The predicted molar refractivity (Wildman–Crippen MR) is 58.4 cm³/mol. The first kappa shape index (κ1) is 8.74.